The Balaban J connectivity index is 1.38. The van der Waals surface area contributed by atoms with Gasteiger partial charge in [0, 0.05) is 6.54 Å². The molecule has 34 heavy (non-hydrogen) atoms. The first-order valence-corrected chi connectivity index (χ1v) is 10.3. The average molecular weight is 471 g/mol. The molecule has 0 bridgehead atoms. The van der Waals surface area contributed by atoms with Crippen molar-refractivity contribution in [2.24, 2.45) is 0 Å². The molecule has 0 saturated carbocycles. The first-order valence-electron chi connectivity index (χ1n) is 10.3. The Labute approximate surface area is 191 Å². The minimum atomic E-state index is -4.46. The van der Waals surface area contributed by atoms with E-state index in [1.54, 1.807) is 24.3 Å². The zero-order chi connectivity index (χ0) is 24.1. The summed E-state index contributed by atoms with van der Waals surface area (Å²) in [5.74, 6) is 0.276. The maximum Gasteiger partial charge on any atom is 0.416 e. The van der Waals surface area contributed by atoms with Crippen molar-refractivity contribution >= 4 is 16.9 Å². The van der Waals surface area contributed by atoms with Gasteiger partial charge in [0.15, 0.2) is 12.3 Å². The zero-order valence-electron chi connectivity index (χ0n) is 17.8. The third-order valence-electron chi connectivity index (χ3n) is 4.99. The highest BCUT2D eigenvalue weighted by Gasteiger charge is 2.30. The second kappa shape index (κ2) is 9.77. The summed E-state index contributed by atoms with van der Waals surface area (Å²) in [7, 11) is 0. The summed E-state index contributed by atoms with van der Waals surface area (Å²) in [4.78, 5) is 29.0. The third kappa shape index (κ3) is 5.42. The van der Waals surface area contributed by atoms with Crippen molar-refractivity contribution in [2.75, 3.05) is 13.2 Å². The molecule has 176 valence electrons. The number of benzene rings is 2. The smallest absolute Gasteiger partial charge is 0.416 e. The SMILES string of the molecule is O=C(COc1ccccc1)NCCn1ncc2c(=O)n(Cc3cccc(C(F)(F)F)c3)cnc21. The molecule has 0 aliphatic carbocycles. The van der Waals surface area contributed by atoms with Crippen LogP contribution in [0.2, 0.25) is 0 Å². The Bertz CT molecular complexity index is 1350. The van der Waals surface area contributed by atoms with Crippen molar-refractivity contribution < 1.29 is 22.7 Å². The van der Waals surface area contributed by atoms with E-state index in [0.29, 0.717) is 17.0 Å². The molecule has 0 radical (unpaired) electrons. The Kier molecular flexibility index (Phi) is 6.62. The summed E-state index contributed by atoms with van der Waals surface area (Å²) in [5.41, 5.74) is -0.559. The van der Waals surface area contributed by atoms with E-state index < -0.39 is 17.3 Å². The number of amides is 1. The number of rotatable bonds is 8. The van der Waals surface area contributed by atoms with Gasteiger partial charge < -0.3 is 10.1 Å². The number of aromatic nitrogens is 4. The van der Waals surface area contributed by atoms with Crippen LogP contribution in [0.3, 0.4) is 0 Å². The molecule has 1 amide bonds. The topological polar surface area (TPSA) is 91.0 Å². The molecule has 0 unspecified atom stereocenters. The van der Waals surface area contributed by atoms with Crippen LogP contribution in [0.15, 0.2) is 71.9 Å². The number of halogens is 3. The van der Waals surface area contributed by atoms with Gasteiger partial charge >= 0.3 is 6.18 Å². The van der Waals surface area contributed by atoms with Crippen LogP contribution in [0.25, 0.3) is 11.0 Å². The molecule has 0 atom stereocenters. The maximum atomic E-state index is 12.9. The summed E-state index contributed by atoms with van der Waals surface area (Å²) in [5, 5.41) is 7.08. The molecule has 2 heterocycles. The van der Waals surface area contributed by atoms with Gasteiger partial charge in [0.2, 0.25) is 0 Å². The van der Waals surface area contributed by atoms with Crippen molar-refractivity contribution in [1.29, 1.82) is 0 Å². The Morgan fingerprint density at radius 2 is 1.88 bits per heavy atom. The third-order valence-corrected chi connectivity index (χ3v) is 4.99. The lowest BCUT2D eigenvalue weighted by atomic mass is 10.1. The highest BCUT2D eigenvalue weighted by atomic mass is 19.4. The quantitative estimate of drug-likeness (QED) is 0.427. The molecule has 0 aliphatic rings. The highest BCUT2D eigenvalue weighted by Crippen LogP contribution is 2.29. The fraction of sp³-hybridized carbons (Fsp3) is 0.217. The molecule has 0 saturated heterocycles. The Morgan fingerprint density at radius 1 is 1.09 bits per heavy atom. The minimum Gasteiger partial charge on any atom is -0.484 e. The fourth-order valence-corrected chi connectivity index (χ4v) is 3.33. The van der Waals surface area contributed by atoms with Crippen LogP contribution >= 0.6 is 0 Å². The van der Waals surface area contributed by atoms with E-state index in [4.69, 9.17) is 4.74 Å². The van der Waals surface area contributed by atoms with E-state index >= 15 is 0 Å². The van der Waals surface area contributed by atoms with E-state index in [2.05, 4.69) is 15.4 Å². The van der Waals surface area contributed by atoms with Gasteiger partial charge in [-0.1, -0.05) is 30.3 Å². The molecule has 4 aromatic rings. The fourth-order valence-electron chi connectivity index (χ4n) is 3.33. The largest absolute Gasteiger partial charge is 0.484 e. The summed E-state index contributed by atoms with van der Waals surface area (Å²) >= 11 is 0. The van der Waals surface area contributed by atoms with Crippen LogP contribution in [-0.2, 0) is 24.1 Å². The number of nitrogens with one attached hydrogen (secondary N) is 1. The van der Waals surface area contributed by atoms with Crippen LogP contribution < -0.4 is 15.6 Å². The van der Waals surface area contributed by atoms with Crippen LogP contribution in [0.5, 0.6) is 5.75 Å². The van der Waals surface area contributed by atoms with E-state index in [0.717, 1.165) is 12.1 Å². The van der Waals surface area contributed by atoms with E-state index in [1.165, 1.54) is 33.9 Å². The molecule has 4 rings (SSSR count). The number of hydrogen-bond acceptors (Lipinski definition) is 5. The molecule has 2 aromatic carbocycles. The number of nitrogens with zero attached hydrogens (tertiary/aromatic N) is 4. The second-order valence-electron chi connectivity index (χ2n) is 7.43. The Morgan fingerprint density at radius 3 is 2.65 bits per heavy atom. The monoisotopic (exact) mass is 471 g/mol. The van der Waals surface area contributed by atoms with E-state index in [1.807, 2.05) is 6.07 Å². The number of hydrogen-bond donors (Lipinski definition) is 1. The molecule has 0 spiro atoms. The molecule has 1 N–H and O–H groups in total. The maximum absolute atomic E-state index is 12.9. The van der Waals surface area contributed by atoms with Crippen molar-refractivity contribution in [2.45, 2.75) is 19.3 Å². The highest BCUT2D eigenvalue weighted by molar-refractivity contribution is 5.77. The first-order chi connectivity index (χ1) is 16.3. The van der Waals surface area contributed by atoms with Crippen molar-refractivity contribution in [3.8, 4) is 5.75 Å². The summed E-state index contributed by atoms with van der Waals surface area (Å²) < 4.78 is 46.9. The van der Waals surface area contributed by atoms with Gasteiger partial charge in [0.25, 0.3) is 11.5 Å². The molecular weight excluding hydrogens is 451 g/mol. The molecule has 0 aliphatic heterocycles. The van der Waals surface area contributed by atoms with E-state index in [-0.39, 0.29) is 37.5 Å². The molecule has 2 aromatic heterocycles. The number of para-hydroxylation sites is 1. The van der Waals surface area contributed by atoms with Crippen molar-refractivity contribution in [3.05, 3.63) is 88.6 Å². The number of alkyl halides is 3. The van der Waals surface area contributed by atoms with Gasteiger partial charge in [0.1, 0.15) is 17.5 Å². The number of fused-ring (bicyclic) bond motifs is 1. The molecule has 0 fully saturated rings. The summed E-state index contributed by atoms with van der Waals surface area (Å²) in [6, 6.07) is 13.7. The van der Waals surface area contributed by atoms with Crippen LogP contribution in [-0.4, -0.2) is 38.4 Å². The molecule has 11 heteroatoms. The summed E-state index contributed by atoms with van der Waals surface area (Å²) in [6.07, 6.45) is -1.84. The average Bonchev–Trinajstić information content (AvgIpc) is 3.23. The van der Waals surface area contributed by atoms with E-state index in [9.17, 15) is 22.8 Å². The zero-order valence-corrected chi connectivity index (χ0v) is 17.8. The number of carbonyl (C=O) groups is 1. The first kappa shape index (κ1) is 23.0. The number of ether oxygens (including phenoxy) is 1. The lowest BCUT2D eigenvalue weighted by Crippen LogP contribution is -2.31. The number of carbonyl (C=O) groups excluding carboxylic acids is 1. The van der Waals surface area contributed by atoms with Crippen LogP contribution in [0.4, 0.5) is 13.2 Å². The van der Waals surface area contributed by atoms with Gasteiger partial charge in [-0.2, -0.15) is 18.3 Å². The normalized spacial score (nSPS) is 11.5. The molecule has 8 nitrogen and oxygen atoms in total. The van der Waals surface area contributed by atoms with Gasteiger partial charge in [-0.05, 0) is 29.8 Å². The van der Waals surface area contributed by atoms with Gasteiger partial charge in [-0.25, -0.2) is 9.67 Å². The lowest BCUT2D eigenvalue weighted by molar-refractivity contribution is -0.137. The predicted octanol–water partition coefficient (Wildman–Crippen LogP) is 2.86. The predicted molar refractivity (Wildman–Crippen MR) is 117 cm³/mol. The standard InChI is InChI=1S/C23H20F3N5O3/c24-23(25,26)17-6-4-5-16(11-17)13-30-15-28-21-19(22(30)33)12-29-31(21)10-9-27-20(32)14-34-18-7-2-1-3-8-18/h1-8,11-12,15H,9-10,13-14H2,(H,27,32). The second-order valence-corrected chi connectivity index (χ2v) is 7.43. The Hall–Kier alpha value is -4.15. The van der Waals surface area contributed by atoms with Crippen LogP contribution in [0.1, 0.15) is 11.1 Å². The van der Waals surface area contributed by atoms with Gasteiger partial charge in [-0.15, -0.1) is 0 Å². The van der Waals surface area contributed by atoms with Crippen LogP contribution in [0, 0.1) is 0 Å². The minimum absolute atomic E-state index is 0.0612. The van der Waals surface area contributed by atoms with Crippen molar-refractivity contribution in [1.82, 2.24) is 24.6 Å². The lowest BCUT2D eigenvalue weighted by Gasteiger charge is -2.10. The summed E-state index contributed by atoms with van der Waals surface area (Å²) in [6.45, 7) is 0.310. The van der Waals surface area contributed by atoms with Gasteiger partial charge in [0.05, 0.1) is 24.8 Å². The van der Waals surface area contributed by atoms with Crippen molar-refractivity contribution in [3.63, 3.8) is 0 Å². The van der Waals surface area contributed by atoms with Gasteiger partial charge in [-0.3, -0.25) is 14.2 Å². The molecular formula is C23H20F3N5O3.